The number of carbonyl (C=O) groups excluding carboxylic acids is 1. The number of hydrogen-bond acceptors (Lipinski definition) is 2. The fraction of sp³-hybridized carbons (Fsp3) is 0.438. The highest BCUT2D eigenvalue weighted by Crippen LogP contribution is 2.19. The molecule has 0 spiro atoms. The highest BCUT2D eigenvalue weighted by atomic mass is 19.1. The zero-order chi connectivity index (χ0) is 14.5. The number of amides is 1. The van der Waals surface area contributed by atoms with E-state index in [1.165, 1.54) is 12.1 Å². The number of rotatable bonds is 1. The Labute approximate surface area is 118 Å². The molecule has 1 aromatic rings. The number of halogens is 1. The van der Waals surface area contributed by atoms with Gasteiger partial charge in [0.1, 0.15) is 12.4 Å². The zero-order valence-corrected chi connectivity index (χ0v) is 11.5. The highest BCUT2D eigenvalue weighted by molar-refractivity contribution is 5.94. The third kappa shape index (κ3) is 3.37. The zero-order valence-electron chi connectivity index (χ0n) is 11.5. The van der Waals surface area contributed by atoms with Crippen LogP contribution in [0.2, 0.25) is 0 Å². The van der Waals surface area contributed by atoms with Crippen LogP contribution in [0.4, 0.5) is 4.39 Å². The monoisotopic (exact) mass is 275 g/mol. The van der Waals surface area contributed by atoms with Crippen LogP contribution in [0.5, 0.6) is 0 Å². The molecule has 0 aliphatic carbocycles. The molecule has 1 amide bonds. The summed E-state index contributed by atoms with van der Waals surface area (Å²) in [7, 11) is 0. The Morgan fingerprint density at radius 3 is 2.75 bits per heavy atom. The number of carbonyl (C=O) groups is 1. The molecule has 106 valence electrons. The van der Waals surface area contributed by atoms with Gasteiger partial charge >= 0.3 is 0 Å². The molecular formula is C16H18FNO2. The van der Waals surface area contributed by atoms with Crippen LogP contribution < -0.4 is 0 Å². The SMILES string of the molecule is CC1CCN(C(=O)c2ccc(C#CCO)c(F)c2)CC1. The Bertz CT molecular complexity index is 551. The topological polar surface area (TPSA) is 40.5 Å². The van der Waals surface area contributed by atoms with Gasteiger partial charge in [0.2, 0.25) is 0 Å². The molecule has 0 unspecified atom stereocenters. The molecule has 1 fully saturated rings. The van der Waals surface area contributed by atoms with Gasteiger partial charge in [0.25, 0.3) is 5.91 Å². The lowest BCUT2D eigenvalue weighted by Gasteiger charge is -2.30. The first-order valence-corrected chi connectivity index (χ1v) is 6.80. The van der Waals surface area contributed by atoms with E-state index in [0.29, 0.717) is 11.5 Å². The van der Waals surface area contributed by atoms with Crippen molar-refractivity contribution in [2.45, 2.75) is 19.8 Å². The van der Waals surface area contributed by atoms with Gasteiger partial charge in [-0.05, 0) is 37.0 Å². The summed E-state index contributed by atoms with van der Waals surface area (Å²) in [6.07, 6.45) is 1.99. The maximum atomic E-state index is 13.8. The summed E-state index contributed by atoms with van der Waals surface area (Å²) in [4.78, 5) is 14.0. The van der Waals surface area contributed by atoms with Gasteiger partial charge in [-0.2, -0.15) is 0 Å². The average Bonchev–Trinajstić information content (AvgIpc) is 2.46. The fourth-order valence-electron chi connectivity index (χ4n) is 2.28. The minimum absolute atomic E-state index is 0.127. The van der Waals surface area contributed by atoms with Gasteiger partial charge in [-0.15, -0.1) is 0 Å². The second-order valence-corrected chi connectivity index (χ2v) is 5.13. The predicted octanol–water partition coefficient (Wildman–Crippen LogP) is 2.04. The molecule has 1 heterocycles. The number of nitrogens with zero attached hydrogens (tertiary/aromatic N) is 1. The summed E-state index contributed by atoms with van der Waals surface area (Å²) >= 11 is 0. The molecule has 1 aliphatic rings. The summed E-state index contributed by atoms with van der Waals surface area (Å²) in [5.74, 6) is 4.90. The quantitative estimate of drug-likeness (QED) is 0.797. The Balaban J connectivity index is 2.13. The Kier molecular flexibility index (Phi) is 4.75. The van der Waals surface area contributed by atoms with Crippen molar-refractivity contribution >= 4 is 5.91 Å². The van der Waals surface area contributed by atoms with Gasteiger partial charge in [0, 0.05) is 18.7 Å². The van der Waals surface area contributed by atoms with Crippen LogP contribution in [0.15, 0.2) is 18.2 Å². The lowest BCUT2D eigenvalue weighted by atomic mass is 9.98. The maximum absolute atomic E-state index is 13.8. The van der Waals surface area contributed by atoms with Crippen LogP contribution in [0.1, 0.15) is 35.7 Å². The lowest BCUT2D eigenvalue weighted by Crippen LogP contribution is -2.37. The third-order valence-corrected chi connectivity index (χ3v) is 3.59. The van der Waals surface area contributed by atoms with Crippen molar-refractivity contribution in [1.29, 1.82) is 0 Å². The van der Waals surface area contributed by atoms with Crippen molar-refractivity contribution in [3.63, 3.8) is 0 Å². The number of benzene rings is 1. The molecule has 0 bridgehead atoms. The lowest BCUT2D eigenvalue weighted by molar-refractivity contribution is 0.0696. The molecule has 1 aliphatic heterocycles. The first kappa shape index (κ1) is 14.5. The fourth-order valence-corrected chi connectivity index (χ4v) is 2.28. The number of aliphatic hydroxyl groups is 1. The van der Waals surface area contributed by atoms with E-state index in [1.54, 1.807) is 11.0 Å². The van der Waals surface area contributed by atoms with Crippen molar-refractivity contribution in [3.05, 3.63) is 35.1 Å². The maximum Gasteiger partial charge on any atom is 0.253 e. The van der Waals surface area contributed by atoms with Gasteiger partial charge in [0.15, 0.2) is 0 Å². The van der Waals surface area contributed by atoms with Crippen molar-refractivity contribution in [3.8, 4) is 11.8 Å². The van der Waals surface area contributed by atoms with Crippen molar-refractivity contribution in [1.82, 2.24) is 4.90 Å². The Morgan fingerprint density at radius 2 is 2.15 bits per heavy atom. The van der Waals surface area contributed by atoms with Crippen LogP contribution in [-0.4, -0.2) is 35.6 Å². The Hall–Kier alpha value is -1.86. The molecule has 1 aromatic carbocycles. The number of aliphatic hydroxyl groups excluding tert-OH is 1. The smallest absolute Gasteiger partial charge is 0.253 e. The minimum Gasteiger partial charge on any atom is -0.384 e. The van der Waals surface area contributed by atoms with Crippen molar-refractivity contribution < 1.29 is 14.3 Å². The number of likely N-dealkylation sites (tertiary alicyclic amines) is 1. The van der Waals surface area contributed by atoms with Gasteiger partial charge in [-0.25, -0.2) is 4.39 Å². The van der Waals surface area contributed by atoms with Crippen molar-refractivity contribution in [2.24, 2.45) is 5.92 Å². The second-order valence-electron chi connectivity index (χ2n) is 5.13. The molecule has 1 N–H and O–H groups in total. The molecule has 3 nitrogen and oxygen atoms in total. The van der Waals surface area contributed by atoms with E-state index in [1.807, 2.05) is 0 Å². The first-order valence-electron chi connectivity index (χ1n) is 6.80. The normalized spacial score (nSPS) is 15.7. The van der Waals surface area contributed by atoms with Crippen LogP contribution in [-0.2, 0) is 0 Å². The van der Waals surface area contributed by atoms with Crippen LogP contribution in [0, 0.1) is 23.6 Å². The standard InChI is InChI=1S/C16H18FNO2/c1-12-6-8-18(9-7-12)16(20)14-5-4-13(3-2-10-19)15(17)11-14/h4-5,11-12,19H,6-10H2,1H3. The minimum atomic E-state index is -0.526. The molecule has 1 saturated heterocycles. The molecule has 2 rings (SSSR count). The number of piperidine rings is 1. The van der Waals surface area contributed by atoms with E-state index in [-0.39, 0.29) is 18.1 Å². The van der Waals surface area contributed by atoms with Gasteiger partial charge < -0.3 is 10.0 Å². The first-order chi connectivity index (χ1) is 9.61. The van der Waals surface area contributed by atoms with Gasteiger partial charge in [-0.1, -0.05) is 18.8 Å². The molecule has 0 saturated carbocycles. The number of hydrogen-bond donors (Lipinski definition) is 1. The van der Waals surface area contributed by atoms with Gasteiger partial charge in [-0.3, -0.25) is 4.79 Å². The Morgan fingerprint density at radius 1 is 1.45 bits per heavy atom. The molecule has 20 heavy (non-hydrogen) atoms. The highest BCUT2D eigenvalue weighted by Gasteiger charge is 2.21. The van der Waals surface area contributed by atoms with E-state index in [9.17, 15) is 9.18 Å². The summed E-state index contributed by atoms with van der Waals surface area (Å²) in [5, 5.41) is 8.60. The molecule has 0 radical (unpaired) electrons. The molecule has 0 atom stereocenters. The van der Waals surface area contributed by atoms with E-state index < -0.39 is 5.82 Å². The summed E-state index contributed by atoms with van der Waals surface area (Å²) < 4.78 is 13.8. The largest absolute Gasteiger partial charge is 0.384 e. The van der Waals surface area contributed by atoms with E-state index in [4.69, 9.17) is 5.11 Å². The summed E-state index contributed by atoms with van der Waals surface area (Å²) in [6.45, 7) is 3.32. The average molecular weight is 275 g/mol. The van der Waals surface area contributed by atoms with E-state index in [2.05, 4.69) is 18.8 Å². The van der Waals surface area contributed by atoms with Crippen molar-refractivity contribution in [2.75, 3.05) is 19.7 Å². The third-order valence-electron chi connectivity index (χ3n) is 3.59. The summed E-state index contributed by atoms with van der Waals surface area (Å²) in [6, 6.07) is 4.30. The molecule has 4 heteroatoms. The summed E-state index contributed by atoms with van der Waals surface area (Å²) in [5.41, 5.74) is 0.550. The second kappa shape index (κ2) is 6.53. The van der Waals surface area contributed by atoms with E-state index >= 15 is 0 Å². The molecular weight excluding hydrogens is 257 g/mol. The molecule has 0 aromatic heterocycles. The van der Waals surface area contributed by atoms with Crippen LogP contribution in [0.25, 0.3) is 0 Å². The predicted molar refractivity (Wildman–Crippen MR) is 74.7 cm³/mol. The van der Waals surface area contributed by atoms with Crippen LogP contribution >= 0.6 is 0 Å². The van der Waals surface area contributed by atoms with Crippen LogP contribution in [0.3, 0.4) is 0 Å². The van der Waals surface area contributed by atoms with Gasteiger partial charge in [0.05, 0.1) is 5.56 Å². The van der Waals surface area contributed by atoms with E-state index in [0.717, 1.165) is 25.9 Å².